The molecule has 0 saturated heterocycles. The van der Waals surface area contributed by atoms with Crippen LogP contribution in [0.2, 0.25) is 0 Å². The molecule has 0 aromatic heterocycles. The summed E-state index contributed by atoms with van der Waals surface area (Å²) in [5.41, 5.74) is 0.284. The van der Waals surface area contributed by atoms with Gasteiger partial charge in [0, 0.05) is 12.1 Å². The van der Waals surface area contributed by atoms with E-state index in [0.29, 0.717) is 11.5 Å². The molecule has 6 nitrogen and oxygen atoms in total. The van der Waals surface area contributed by atoms with E-state index in [1.807, 2.05) is 0 Å². The molecule has 1 amide bonds. The first-order chi connectivity index (χ1) is 11.1. The Kier molecular flexibility index (Phi) is 6.26. The van der Waals surface area contributed by atoms with E-state index in [9.17, 15) is 9.59 Å². The highest BCUT2D eigenvalue weighted by Gasteiger charge is 2.17. The van der Waals surface area contributed by atoms with Crippen molar-refractivity contribution in [2.75, 3.05) is 20.8 Å². The van der Waals surface area contributed by atoms with Crippen LogP contribution in [0.25, 0.3) is 0 Å². The number of nitrogens with one attached hydrogen (secondary N) is 1. The summed E-state index contributed by atoms with van der Waals surface area (Å²) in [5.74, 6) is 0.131. The van der Waals surface area contributed by atoms with E-state index in [2.05, 4.69) is 5.32 Å². The molecule has 0 spiro atoms. The van der Waals surface area contributed by atoms with Crippen molar-refractivity contribution in [2.45, 2.75) is 38.1 Å². The molecule has 1 saturated carbocycles. The Bertz CT molecular complexity index is 530. The molecule has 0 radical (unpaired) electrons. The number of methoxy groups -OCH3 is 2. The molecule has 0 atom stereocenters. The first-order valence-corrected chi connectivity index (χ1v) is 7.82. The van der Waals surface area contributed by atoms with Crippen LogP contribution in [-0.4, -0.2) is 38.7 Å². The summed E-state index contributed by atoms with van der Waals surface area (Å²) in [6.07, 6.45) is 5.47. The molecule has 2 rings (SSSR count). The van der Waals surface area contributed by atoms with Crippen LogP contribution in [0.1, 0.15) is 42.5 Å². The lowest BCUT2D eigenvalue weighted by atomic mass is 9.95. The molecule has 1 aliphatic carbocycles. The zero-order valence-electron chi connectivity index (χ0n) is 13.6. The number of carbonyl (C=O) groups excluding carboxylic acids is 2. The fraction of sp³-hybridized carbons (Fsp3) is 0.529. The van der Waals surface area contributed by atoms with Crippen molar-refractivity contribution in [3.63, 3.8) is 0 Å². The van der Waals surface area contributed by atoms with Gasteiger partial charge in [-0.05, 0) is 25.0 Å². The Morgan fingerprint density at radius 3 is 2.22 bits per heavy atom. The van der Waals surface area contributed by atoms with Gasteiger partial charge in [-0.3, -0.25) is 4.79 Å². The van der Waals surface area contributed by atoms with Crippen LogP contribution in [-0.2, 0) is 9.53 Å². The molecule has 23 heavy (non-hydrogen) atoms. The summed E-state index contributed by atoms with van der Waals surface area (Å²) in [6.45, 7) is -0.283. The Morgan fingerprint density at radius 2 is 1.65 bits per heavy atom. The van der Waals surface area contributed by atoms with E-state index >= 15 is 0 Å². The second kappa shape index (κ2) is 8.41. The van der Waals surface area contributed by atoms with Crippen molar-refractivity contribution in [2.24, 2.45) is 0 Å². The van der Waals surface area contributed by atoms with Crippen LogP contribution in [0.4, 0.5) is 0 Å². The van der Waals surface area contributed by atoms with Crippen molar-refractivity contribution in [3.8, 4) is 11.5 Å². The van der Waals surface area contributed by atoms with E-state index in [4.69, 9.17) is 14.2 Å². The first kappa shape index (κ1) is 17.1. The maximum atomic E-state index is 12.1. The molecule has 0 heterocycles. The second-order valence-corrected chi connectivity index (χ2v) is 5.58. The average molecular weight is 321 g/mol. The number of hydrogen-bond donors (Lipinski definition) is 1. The van der Waals surface area contributed by atoms with Crippen molar-refractivity contribution in [1.82, 2.24) is 5.32 Å². The second-order valence-electron chi connectivity index (χ2n) is 5.58. The van der Waals surface area contributed by atoms with Crippen LogP contribution >= 0.6 is 0 Å². The Morgan fingerprint density at radius 1 is 1.04 bits per heavy atom. The lowest BCUT2D eigenvalue weighted by Crippen LogP contribution is -2.38. The number of esters is 1. The molecule has 0 unspecified atom stereocenters. The number of ether oxygens (including phenoxy) is 3. The summed E-state index contributed by atoms with van der Waals surface area (Å²) in [7, 11) is 3.00. The minimum absolute atomic E-state index is 0.201. The van der Waals surface area contributed by atoms with Gasteiger partial charge in [0.15, 0.2) is 6.61 Å². The summed E-state index contributed by atoms with van der Waals surface area (Å²) in [5, 5.41) is 2.91. The van der Waals surface area contributed by atoms with E-state index in [0.717, 1.165) is 25.7 Å². The van der Waals surface area contributed by atoms with Crippen LogP contribution in [0, 0.1) is 0 Å². The first-order valence-electron chi connectivity index (χ1n) is 7.82. The van der Waals surface area contributed by atoms with E-state index < -0.39 is 5.97 Å². The average Bonchev–Trinajstić information content (AvgIpc) is 2.60. The van der Waals surface area contributed by atoms with Crippen LogP contribution in [0.5, 0.6) is 11.5 Å². The maximum absolute atomic E-state index is 12.1. The molecule has 1 N–H and O–H groups in total. The zero-order chi connectivity index (χ0) is 16.7. The monoisotopic (exact) mass is 321 g/mol. The largest absolute Gasteiger partial charge is 0.497 e. The fourth-order valence-electron chi connectivity index (χ4n) is 2.66. The molecular weight excluding hydrogens is 298 g/mol. The van der Waals surface area contributed by atoms with Gasteiger partial charge in [0.05, 0.1) is 19.8 Å². The van der Waals surface area contributed by atoms with E-state index in [-0.39, 0.29) is 24.1 Å². The number of carbonyl (C=O) groups is 2. The third-order valence-corrected chi connectivity index (χ3v) is 3.89. The van der Waals surface area contributed by atoms with Gasteiger partial charge in [0.25, 0.3) is 5.91 Å². The molecule has 1 aromatic carbocycles. The normalized spacial score (nSPS) is 14.9. The lowest BCUT2D eigenvalue weighted by Gasteiger charge is -2.22. The molecule has 0 aliphatic heterocycles. The topological polar surface area (TPSA) is 73.9 Å². The van der Waals surface area contributed by atoms with Crippen molar-refractivity contribution in [1.29, 1.82) is 0 Å². The number of rotatable bonds is 6. The molecule has 1 aliphatic rings. The smallest absolute Gasteiger partial charge is 0.338 e. The quantitative estimate of drug-likeness (QED) is 0.814. The molecular formula is C17H23NO5. The molecule has 1 aromatic rings. The highest BCUT2D eigenvalue weighted by atomic mass is 16.5. The van der Waals surface area contributed by atoms with Crippen LogP contribution in [0.15, 0.2) is 18.2 Å². The highest BCUT2D eigenvalue weighted by Crippen LogP contribution is 2.23. The molecule has 0 bridgehead atoms. The summed E-state index contributed by atoms with van der Waals surface area (Å²) in [6, 6.07) is 4.95. The van der Waals surface area contributed by atoms with Gasteiger partial charge >= 0.3 is 5.97 Å². The zero-order valence-corrected chi connectivity index (χ0v) is 13.6. The van der Waals surface area contributed by atoms with Gasteiger partial charge in [-0.1, -0.05) is 19.3 Å². The number of amides is 1. The maximum Gasteiger partial charge on any atom is 0.338 e. The number of hydrogen-bond acceptors (Lipinski definition) is 5. The van der Waals surface area contributed by atoms with Gasteiger partial charge in [-0.25, -0.2) is 4.79 Å². The fourth-order valence-corrected chi connectivity index (χ4v) is 2.66. The molecule has 1 fully saturated rings. The van der Waals surface area contributed by atoms with Gasteiger partial charge < -0.3 is 19.5 Å². The third kappa shape index (κ3) is 5.16. The minimum Gasteiger partial charge on any atom is -0.497 e. The number of benzene rings is 1. The van der Waals surface area contributed by atoms with Crippen molar-refractivity contribution in [3.05, 3.63) is 23.8 Å². The summed E-state index contributed by atoms with van der Waals surface area (Å²) >= 11 is 0. The summed E-state index contributed by atoms with van der Waals surface area (Å²) in [4.78, 5) is 23.9. The Balaban J connectivity index is 1.87. The predicted molar refractivity (Wildman–Crippen MR) is 84.8 cm³/mol. The van der Waals surface area contributed by atoms with Gasteiger partial charge in [-0.15, -0.1) is 0 Å². The molecule has 126 valence electrons. The van der Waals surface area contributed by atoms with E-state index in [1.165, 1.54) is 20.6 Å². The third-order valence-electron chi connectivity index (χ3n) is 3.89. The lowest BCUT2D eigenvalue weighted by molar-refractivity contribution is -0.125. The highest BCUT2D eigenvalue weighted by molar-refractivity contribution is 5.92. The van der Waals surface area contributed by atoms with Crippen molar-refractivity contribution >= 4 is 11.9 Å². The molecule has 6 heteroatoms. The Hall–Kier alpha value is -2.24. The predicted octanol–water partition coefficient (Wildman–Crippen LogP) is 2.31. The van der Waals surface area contributed by atoms with Gasteiger partial charge in [0.1, 0.15) is 11.5 Å². The van der Waals surface area contributed by atoms with Gasteiger partial charge in [0.2, 0.25) is 0 Å². The standard InChI is InChI=1S/C17H23NO5/c1-21-14-8-12(9-15(10-14)22-2)17(20)23-11-16(19)18-13-6-4-3-5-7-13/h8-10,13H,3-7,11H2,1-2H3,(H,18,19). The van der Waals surface area contributed by atoms with Gasteiger partial charge in [-0.2, -0.15) is 0 Å². The minimum atomic E-state index is -0.582. The van der Waals surface area contributed by atoms with E-state index in [1.54, 1.807) is 18.2 Å². The SMILES string of the molecule is COc1cc(OC)cc(C(=O)OCC(=O)NC2CCCCC2)c1. The van der Waals surface area contributed by atoms with Crippen molar-refractivity contribution < 1.29 is 23.8 Å². The van der Waals surface area contributed by atoms with Crippen LogP contribution < -0.4 is 14.8 Å². The Labute approximate surface area is 136 Å². The van der Waals surface area contributed by atoms with Crippen LogP contribution in [0.3, 0.4) is 0 Å². The summed E-state index contributed by atoms with van der Waals surface area (Å²) < 4.78 is 15.3.